The van der Waals surface area contributed by atoms with E-state index in [0.29, 0.717) is 12.5 Å². The predicted molar refractivity (Wildman–Crippen MR) is 77.3 cm³/mol. The Morgan fingerprint density at radius 1 is 1.56 bits per heavy atom. The Morgan fingerprint density at radius 3 is 2.78 bits per heavy atom. The molecule has 0 amide bonds. The summed E-state index contributed by atoms with van der Waals surface area (Å²) in [5.74, 6) is 0. The van der Waals surface area contributed by atoms with Crippen molar-refractivity contribution < 1.29 is 0 Å². The van der Waals surface area contributed by atoms with Crippen LogP contribution in [0.3, 0.4) is 0 Å². The zero-order chi connectivity index (χ0) is 13.1. The molecule has 96 valence electrons. The molecule has 1 atom stereocenters. The molecule has 1 aliphatic carbocycles. The van der Waals surface area contributed by atoms with Crippen LogP contribution in [-0.2, 0) is 0 Å². The fourth-order valence-corrected chi connectivity index (χ4v) is 2.87. The topological polar surface area (TPSA) is 53.0 Å². The molecule has 0 radical (unpaired) electrons. The number of anilines is 1. The van der Waals surface area contributed by atoms with E-state index in [4.69, 9.17) is 11.0 Å². The van der Waals surface area contributed by atoms with Crippen LogP contribution in [-0.4, -0.2) is 12.6 Å². The SMILES string of the molecule is C[C@H](N)c1ccc(N(CCC#N)C2CC2)cc1Br. The molecule has 1 aromatic carbocycles. The van der Waals surface area contributed by atoms with Crippen molar-refractivity contribution >= 4 is 21.6 Å². The van der Waals surface area contributed by atoms with Gasteiger partial charge < -0.3 is 10.6 Å². The van der Waals surface area contributed by atoms with Crippen LogP contribution in [0.2, 0.25) is 0 Å². The maximum atomic E-state index is 8.73. The average Bonchev–Trinajstić information content (AvgIpc) is 3.13. The first kappa shape index (κ1) is 13.4. The highest BCUT2D eigenvalue weighted by Gasteiger charge is 2.29. The maximum absolute atomic E-state index is 8.73. The van der Waals surface area contributed by atoms with Crippen LogP contribution in [0.25, 0.3) is 0 Å². The molecule has 0 aromatic heterocycles. The number of nitrogens with two attached hydrogens (primary N) is 1. The molecule has 2 N–H and O–H groups in total. The molecule has 0 saturated heterocycles. The van der Waals surface area contributed by atoms with Crippen molar-refractivity contribution in [2.24, 2.45) is 5.73 Å². The lowest BCUT2D eigenvalue weighted by atomic mass is 10.1. The monoisotopic (exact) mass is 307 g/mol. The van der Waals surface area contributed by atoms with Gasteiger partial charge in [0.25, 0.3) is 0 Å². The number of hydrogen-bond acceptors (Lipinski definition) is 3. The van der Waals surface area contributed by atoms with Gasteiger partial charge in [-0.3, -0.25) is 0 Å². The van der Waals surface area contributed by atoms with Crippen LogP contribution in [0.1, 0.15) is 37.8 Å². The molecule has 1 fully saturated rings. The summed E-state index contributed by atoms with van der Waals surface area (Å²) in [6, 6.07) is 9.17. The summed E-state index contributed by atoms with van der Waals surface area (Å²) in [4.78, 5) is 2.33. The highest BCUT2D eigenvalue weighted by atomic mass is 79.9. The molecule has 1 saturated carbocycles. The number of hydrogen-bond donors (Lipinski definition) is 1. The van der Waals surface area contributed by atoms with E-state index in [9.17, 15) is 0 Å². The van der Waals surface area contributed by atoms with Crippen molar-refractivity contribution in [2.45, 2.75) is 38.3 Å². The fourth-order valence-electron chi connectivity index (χ4n) is 2.14. The third-order valence-electron chi connectivity index (χ3n) is 3.26. The second kappa shape index (κ2) is 5.73. The third-order valence-corrected chi connectivity index (χ3v) is 3.95. The van der Waals surface area contributed by atoms with Gasteiger partial charge in [-0.15, -0.1) is 0 Å². The van der Waals surface area contributed by atoms with E-state index in [1.165, 1.54) is 18.5 Å². The summed E-state index contributed by atoms with van der Waals surface area (Å²) < 4.78 is 1.05. The quantitative estimate of drug-likeness (QED) is 0.907. The van der Waals surface area contributed by atoms with Crippen molar-refractivity contribution in [1.29, 1.82) is 5.26 Å². The number of benzene rings is 1. The first-order valence-electron chi connectivity index (χ1n) is 6.32. The fraction of sp³-hybridized carbons (Fsp3) is 0.500. The second-order valence-electron chi connectivity index (χ2n) is 4.83. The van der Waals surface area contributed by atoms with E-state index in [-0.39, 0.29) is 6.04 Å². The summed E-state index contributed by atoms with van der Waals surface area (Å²) in [6.45, 7) is 2.79. The summed E-state index contributed by atoms with van der Waals surface area (Å²) in [6.07, 6.45) is 3.04. The standard InChI is InChI=1S/C14H18BrN3/c1-10(17)13-6-5-12(9-14(13)15)18(8-2-7-16)11-3-4-11/h5-6,9-11H,2-4,8,17H2,1H3/t10-/m0/s1. The van der Waals surface area contributed by atoms with Crippen LogP contribution in [0.15, 0.2) is 22.7 Å². The lowest BCUT2D eigenvalue weighted by Crippen LogP contribution is -2.26. The number of halogens is 1. The maximum Gasteiger partial charge on any atom is 0.0640 e. The van der Waals surface area contributed by atoms with Gasteiger partial charge >= 0.3 is 0 Å². The highest BCUT2D eigenvalue weighted by Crippen LogP contribution is 2.34. The average molecular weight is 308 g/mol. The van der Waals surface area contributed by atoms with E-state index < -0.39 is 0 Å². The van der Waals surface area contributed by atoms with E-state index >= 15 is 0 Å². The van der Waals surface area contributed by atoms with Crippen molar-refractivity contribution in [2.75, 3.05) is 11.4 Å². The minimum Gasteiger partial charge on any atom is -0.367 e. The minimum absolute atomic E-state index is 0.0295. The van der Waals surface area contributed by atoms with Gasteiger partial charge in [-0.05, 0) is 37.5 Å². The Morgan fingerprint density at radius 2 is 2.28 bits per heavy atom. The Labute approximate surface area is 117 Å². The van der Waals surface area contributed by atoms with Crippen LogP contribution in [0.5, 0.6) is 0 Å². The largest absolute Gasteiger partial charge is 0.367 e. The Kier molecular flexibility index (Phi) is 4.26. The second-order valence-corrected chi connectivity index (χ2v) is 5.68. The number of rotatable bonds is 5. The summed E-state index contributed by atoms with van der Waals surface area (Å²) in [5.41, 5.74) is 8.21. The molecule has 0 bridgehead atoms. The smallest absolute Gasteiger partial charge is 0.0640 e. The van der Waals surface area contributed by atoms with Crippen LogP contribution in [0, 0.1) is 11.3 Å². The zero-order valence-corrected chi connectivity index (χ0v) is 12.2. The molecule has 0 unspecified atom stereocenters. The van der Waals surface area contributed by atoms with Crippen molar-refractivity contribution in [1.82, 2.24) is 0 Å². The molecular weight excluding hydrogens is 290 g/mol. The predicted octanol–water partition coefficient (Wildman–Crippen LogP) is 3.35. The lowest BCUT2D eigenvalue weighted by molar-refractivity contribution is 0.786. The van der Waals surface area contributed by atoms with E-state index in [1.807, 2.05) is 6.92 Å². The van der Waals surface area contributed by atoms with E-state index in [0.717, 1.165) is 16.6 Å². The van der Waals surface area contributed by atoms with Gasteiger partial charge in [0.15, 0.2) is 0 Å². The van der Waals surface area contributed by atoms with Gasteiger partial charge in [-0.25, -0.2) is 0 Å². The van der Waals surface area contributed by atoms with Crippen LogP contribution < -0.4 is 10.6 Å². The minimum atomic E-state index is 0.0295. The van der Waals surface area contributed by atoms with Gasteiger partial charge in [-0.1, -0.05) is 22.0 Å². The Bertz CT molecular complexity index is 461. The highest BCUT2D eigenvalue weighted by molar-refractivity contribution is 9.10. The van der Waals surface area contributed by atoms with Crippen molar-refractivity contribution in [3.8, 4) is 6.07 Å². The molecule has 0 aliphatic heterocycles. The van der Waals surface area contributed by atoms with Gasteiger partial charge in [0.1, 0.15) is 0 Å². The van der Waals surface area contributed by atoms with Gasteiger partial charge in [-0.2, -0.15) is 5.26 Å². The Hall–Kier alpha value is -1.05. The molecule has 2 rings (SSSR count). The summed E-state index contributed by atoms with van der Waals surface area (Å²) in [5, 5.41) is 8.73. The molecule has 4 heteroatoms. The van der Waals surface area contributed by atoms with Crippen molar-refractivity contribution in [3.05, 3.63) is 28.2 Å². The Balaban J connectivity index is 2.20. The van der Waals surface area contributed by atoms with Crippen molar-refractivity contribution in [3.63, 3.8) is 0 Å². The van der Waals surface area contributed by atoms with Crippen LogP contribution in [0.4, 0.5) is 5.69 Å². The number of nitrogens with zero attached hydrogens (tertiary/aromatic N) is 2. The van der Waals surface area contributed by atoms with Gasteiger partial charge in [0.2, 0.25) is 0 Å². The molecule has 18 heavy (non-hydrogen) atoms. The van der Waals surface area contributed by atoms with E-state index in [1.54, 1.807) is 0 Å². The number of nitriles is 1. The normalized spacial score (nSPS) is 16.1. The molecular formula is C14H18BrN3. The molecule has 0 spiro atoms. The molecule has 3 nitrogen and oxygen atoms in total. The van der Waals surface area contributed by atoms with Gasteiger partial charge in [0, 0.05) is 28.8 Å². The zero-order valence-electron chi connectivity index (χ0n) is 10.6. The summed E-state index contributed by atoms with van der Waals surface area (Å²) >= 11 is 3.58. The summed E-state index contributed by atoms with van der Waals surface area (Å²) in [7, 11) is 0. The molecule has 1 aromatic rings. The molecule has 0 heterocycles. The van der Waals surface area contributed by atoms with Gasteiger partial charge in [0.05, 0.1) is 12.5 Å². The van der Waals surface area contributed by atoms with Crippen LogP contribution >= 0.6 is 15.9 Å². The first-order chi connectivity index (χ1) is 8.63. The van der Waals surface area contributed by atoms with E-state index in [2.05, 4.69) is 45.1 Å². The third kappa shape index (κ3) is 3.04. The molecule has 1 aliphatic rings. The lowest BCUT2D eigenvalue weighted by Gasteiger charge is -2.24. The first-order valence-corrected chi connectivity index (χ1v) is 7.11.